The van der Waals surface area contributed by atoms with Crippen molar-refractivity contribution in [3.05, 3.63) is 30.1 Å². The number of piperidine rings is 1. The number of hydrogen-bond acceptors (Lipinski definition) is 3. The Labute approximate surface area is 120 Å². The zero-order valence-electron chi connectivity index (χ0n) is 11.8. The predicted molar refractivity (Wildman–Crippen MR) is 76.4 cm³/mol. The third-order valence-electron chi connectivity index (χ3n) is 4.12. The third kappa shape index (κ3) is 3.02. The Kier molecular flexibility index (Phi) is 4.78. The summed E-state index contributed by atoms with van der Waals surface area (Å²) in [6.45, 7) is 3.01. The summed E-state index contributed by atoms with van der Waals surface area (Å²) in [4.78, 5) is -0.222. The van der Waals surface area contributed by atoms with Gasteiger partial charge in [-0.3, -0.25) is 0 Å². The van der Waals surface area contributed by atoms with Crippen LogP contribution < -0.4 is 5.32 Å². The maximum atomic E-state index is 13.7. The van der Waals surface area contributed by atoms with Gasteiger partial charge in [0.25, 0.3) is 0 Å². The van der Waals surface area contributed by atoms with Crippen LogP contribution >= 0.6 is 0 Å². The first-order valence-electron chi connectivity index (χ1n) is 6.88. The molecule has 1 heterocycles. The molecular weight excluding hydrogens is 279 g/mol. The van der Waals surface area contributed by atoms with E-state index >= 15 is 0 Å². The molecular formula is C14H21FN2O2S. The molecule has 1 fully saturated rings. The molecule has 0 spiro atoms. The van der Waals surface area contributed by atoms with Gasteiger partial charge < -0.3 is 5.32 Å². The summed E-state index contributed by atoms with van der Waals surface area (Å²) in [5.74, 6) is -0.217. The molecule has 112 valence electrons. The van der Waals surface area contributed by atoms with Gasteiger partial charge in [0, 0.05) is 19.1 Å². The Balaban J connectivity index is 2.12. The first-order chi connectivity index (χ1) is 9.46. The van der Waals surface area contributed by atoms with E-state index in [0.29, 0.717) is 25.0 Å². The van der Waals surface area contributed by atoms with Crippen LogP contribution in [0.2, 0.25) is 0 Å². The molecule has 2 rings (SSSR count). The molecule has 6 heteroatoms. The van der Waals surface area contributed by atoms with Crippen molar-refractivity contribution in [1.82, 2.24) is 9.62 Å². The summed E-state index contributed by atoms with van der Waals surface area (Å²) in [5, 5.41) is 3.20. The summed E-state index contributed by atoms with van der Waals surface area (Å²) >= 11 is 0. The van der Waals surface area contributed by atoms with Gasteiger partial charge in [0.2, 0.25) is 10.0 Å². The Morgan fingerprint density at radius 1 is 1.30 bits per heavy atom. The van der Waals surface area contributed by atoms with Crippen molar-refractivity contribution in [1.29, 1.82) is 0 Å². The highest BCUT2D eigenvalue weighted by atomic mass is 32.2. The molecule has 1 unspecified atom stereocenters. The lowest BCUT2D eigenvalue weighted by atomic mass is 9.91. The van der Waals surface area contributed by atoms with Crippen molar-refractivity contribution in [2.45, 2.75) is 30.7 Å². The zero-order valence-corrected chi connectivity index (χ0v) is 12.7. The van der Waals surface area contributed by atoms with Crippen LogP contribution in [-0.2, 0) is 10.0 Å². The standard InChI is InChI=1S/C14H21FN2O2S/c1-11(16-2)12-7-9-17(10-8-12)20(18,19)14-6-4-3-5-13(14)15/h3-6,11-12,16H,7-10H2,1-2H3. The first-order valence-corrected chi connectivity index (χ1v) is 8.32. The number of rotatable bonds is 4. The molecule has 4 nitrogen and oxygen atoms in total. The van der Waals surface area contributed by atoms with Gasteiger partial charge in [0.05, 0.1) is 0 Å². The van der Waals surface area contributed by atoms with E-state index in [1.165, 1.54) is 22.5 Å². The molecule has 1 atom stereocenters. The number of halogens is 1. The Hall–Kier alpha value is -0.980. The van der Waals surface area contributed by atoms with Crippen molar-refractivity contribution in [3.63, 3.8) is 0 Å². The fraction of sp³-hybridized carbons (Fsp3) is 0.571. The number of nitrogens with zero attached hydrogens (tertiary/aromatic N) is 1. The molecule has 1 aliphatic rings. The van der Waals surface area contributed by atoms with Crippen LogP contribution in [0.3, 0.4) is 0 Å². The van der Waals surface area contributed by atoms with Crippen molar-refractivity contribution in [3.8, 4) is 0 Å². The molecule has 1 saturated heterocycles. The van der Waals surface area contributed by atoms with Crippen LogP contribution in [0, 0.1) is 11.7 Å². The van der Waals surface area contributed by atoms with Crippen molar-refractivity contribution >= 4 is 10.0 Å². The maximum absolute atomic E-state index is 13.7. The molecule has 0 amide bonds. The number of nitrogens with one attached hydrogen (secondary N) is 1. The highest BCUT2D eigenvalue weighted by Gasteiger charge is 2.32. The minimum atomic E-state index is -3.71. The lowest BCUT2D eigenvalue weighted by Gasteiger charge is -2.34. The van der Waals surface area contributed by atoms with Gasteiger partial charge in [-0.05, 0) is 44.9 Å². The van der Waals surface area contributed by atoms with Gasteiger partial charge in [0.15, 0.2) is 0 Å². The van der Waals surface area contributed by atoms with Crippen LogP contribution in [-0.4, -0.2) is 38.9 Å². The van der Waals surface area contributed by atoms with E-state index < -0.39 is 15.8 Å². The molecule has 1 N–H and O–H groups in total. The molecule has 1 aromatic rings. The average Bonchev–Trinajstić information content (AvgIpc) is 2.47. The van der Waals surface area contributed by atoms with Crippen LogP contribution in [0.4, 0.5) is 4.39 Å². The molecule has 1 aliphatic heterocycles. The Morgan fingerprint density at radius 2 is 1.90 bits per heavy atom. The van der Waals surface area contributed by atoms with E-state index in [-0.39, 0.29) is 4.90 Å². The highest BCUT2D eigenvalue weighted by molar-refractivity contribution is 7.89. The van der Waals surface area contributed by atoms with Gasteiger partial charge >= 0.3 is 0 Å². The lowest BCUT2D eigenvalue weighted by molar-refractivity contribution is 0.236. The summed E-state index contributed by atoms with van der Waals surface area (Å²) in [6, 6.07) is 5.92. The summed E-state index contributed by atoms with van der Waals surface area (Å²) in [6.07, 6.45) is 1.60. The molecule has 0 aliphatic carbocycles. The molecule has 1 aromatic carbocycles. The second-order valence-corrected chi connectivity index (χ2v) is 7.16. The van der Waals surface area contributed by atoms with E-state index in [2.05, 4.69) is 12.2 Å². The minimum Gasteiger partial charge on any atom is -0.317 e. The van der Waals surface area contributed by atoms with Crippen molar-refractivity contribution in [2.75, 3.05) is 20.1 Å². The molecule has 0 radical (unpaired) electrons. The first kappa shape index (κ1) is 15.4. The summed E-state index contributed by atoms with van der Waals surface area (Å²) in [5.41, 5.74) is 0. The molecule has 0 aromatic heterocycles. The van der Waals surface area contributed by atoms with Gasteiger partial charge in [0.1, 0.15) is 10.7 Å². The van der Waals surface area contributed by atoms with E-state index in [4.69, 9.17) is 0 Å². The zero-order chi connectivity index (χ0) is 14.8. The monoisotopic (exact) mass is 300 g/mol. The Bertz CT molecular complexity index is 554. The number of hydrogen-bond donors (Lipinski definition) is 1. The van der Waals surface area contributed by atoms with Gasteiger partial charge in [-0.2, -0.15) is 4.31 Å². The molecule has 0 saturated carbocycles. The van der Waals surface area contributed by atoms with Crippen LogP contribution in [0.15, 0.2) is 29.2 Å². The fourth-order valence-electron chi connectivity index (χ4n) is 2.64. The maximum Gasteiger partial charge on any atom is 0.245 e. The summed E-state index contributed by atoms with van der Waals surface area (Å²) in [7, 11) is -1.80. The number of sulfonamides is 1. The van der Waals surface area contributed by atoms with Crippen molar-refractivity contribution < 1.29 is 12.8 Å². The number of benzene rings is 1. The van der Waals surface area contributed by atoms with Crippen LogP contribution in [0.1, 0.15) is 19.8 Å². The smallest absolute Gasteiger partial charge is 0.245 e. The van der Waals surface area contributed by atoms with E-state index in [1.54, 1.807) is 6.07 Å². The largest absolute Gasteiger partial charge is 0.317 e. The van der Waals surface area contributed by atoms with E-state index in [9.17, 15) is 12.8 Å². The quantitative estimate of drug-likeness (QED) is 0.923. The Morgan fingerprint density at radius 3 is 2.45 bits per heavy atom. The van der Waals surface area contributed by atoms with Gasteiger partial charge in [-0.15, -0.1) is 0 Å². The van der Waals surface area contributed by atoms with E-state index in [1.807, 2.05) is 7.05 Å². The average molecular weight is 300 g/mol. The second kappa shape index (κ2) is 6.20. The molecule has 0 bridgehead atoms. The summed E-state index contributed by atoms with van der Waals surface area (Å²) < 4.78 is 39.9. The van der Waals surface area contributed by atoms with E-state index in [0.717, 1.165) is 12.8 Å². The second-order valence-electron chi connectivity index (χ2n) is 5.25. The normalized spacial score (nSPS) is 19.9. The fourth-order valence-corrected chi connectivity index (χ4v) is 4.18. The third-order valence-corrected chi connectivity index (χ3v) is 6.05. The highest BCUT2D eigenvalue weighted by Crippen LogP contribution is 2.26. The van der Waals surface area contributed by atoms with Crippen LogP contribution in [0.25, 0.3) is 0 Å². The lowest BCUT2D eigenvalue weighted by Crippen LogP contribution is -2.43. The minimum absolute atomic E-state index is 0.222. The topological polar surface area (TPSA) is 49.4 Å². The van der Waals surface area contributed by atoms with Crippen molar-refractivity contribution in [2.24, 2.45) is 5.92 Å². The van der Waals surface area contributed by atoms with Gasteiger partial charge in [-0.25, -0.2) is 12.8 Å². The predicted octanol–water partition coefficient (Wildman–Crippen LogP) is 1.83. The van der Waals surface area contributed by atoms with Crippen LogP contribution in [0.5, 0.6) is 0 Å². The molecule has 20 heavy (non-hydrogen) atoms. The SMILES string of the molecule is CNC(C)C1CCN(S(=O)(=O)c2ccccc2F)CC1. The van der Waals surface area contributed by atoms with Gasteiger partial charge in [-0.1, -0.05) is 12.1 Å².